The van der Waals surface area contributed by atoms with Crippen LogP contribution in [0.5, 0.6) is 0 Å². The van der Waals surface area contributed by atoms with Gasteiger partial charge in [0.25, 0.3) is 0 Å². The standard InChI is InChI=1S/C14H18O3/c1-11-5-3-4-6-12(11)13(15)14(16-2)7-9-17-10-8-14/h3-6H,7-10H2,1-2H3. The molecular formula is C14H18O3. The smallest absolute Gasteiger partial charge is 0.195 e. The molecule has 1 aliphatic rings. The third kappa shape index (κ3) is 2.26. The Morgan fingerprint density at radius 1 is 1.29 bits per heavy atom. The van der Waals surface area contributed by atoms with Gasteiger partial charge in [0, 0.05) is 38.7 Å². The first-order valence-electron chi connectivity index (χ1n) is 5.93. The molecule has 0 saturated carbocycles. The molecule has 92 valence electrons. The van der Waals surface area contributed by atoms with Crippen molar-refractivity contribution in [2.75, 3.05) is 20.3 Å². The van der Waals surface area contributed by atoms with Crippen molar-refractivity contribution in [1.29, 1.82) is 0 Å². The van der Waals surface area contributed by atoms with Crippen LogP contribution in [0.3, 0.4) is 0 Å². The Hall–Kier alpha value is -1.19. The number of ether oxygens (including phenoxy) is 2. The molecule has 0 unspecified atom stereocenters. The Morgan fingerprint density at radius 3 is 2.53 bits per heavy atom. The Morgan fingerprint density at radius 2 is 1.94 bits per heavy atom. The second-order valence-corrected chi connectivity index (χ2v) is 4.45. The van der Waals surface area contributed by atoms with Gasteiger partial charge < -0.3 is 9.47 Å². The van der Waals surface area contributed by atoms with Gasteiger partial charge in [0.05, 0.1) is 0 Å². The van der Waals surface area contributed by atoms with Crippen molar-refractivity contribution >= 4 is 5.78 Å². The van der Waals surface area contributed by atoms with E-state index < -0.39 is 5.60 Å². The van der Waals surface area contributed by atoms with Crippen LogP contribution in [-0.4, -0.2) is 31.7 Å². The summed E-state index contributed by atoms with van der Waals surface area (Å²) in [6.07, 6.45) is 1.27. The minimum absolute atomic E-state index is 0.0846. The van der Waals surface area contributed by atoms with Gasteiger partial charge in [-0.05, 0) is 12.5 Å². The number of carbonyl (C=O) groups is 1. The Kier molecular flexibility index (Phi) is 3.60. The number of hydrogen-bond donors (Lipinski definition) is 0. The first-order valence-corrected chi connectivity index (χ1v) is 5.93. The molecule has 0 bridgehead atoms. The summed E-state index contributed by atoms with van der Waals surface area (Å²) in [5, 5.41) is 0. The van der Waals surface area contributed by atoms with Gasteiger partial charge in [-0.1, -0.05) is 24.3 Å². The maximum Gasteiger partial charge on any atom is 0.195 e. The molecule has 0 aliphatic carbocycles. The molecule has 1 aliphatic heterocycles. The quantitative estimate of drug-likeness (QED) is 0.753. The van der Waals surface area contributed by atoms with Crippen molar-refractivity contribution in [2.45, 2.75) is 25.4 Å². The fraction of sp³-hybridized carbons (Fsp3) is 0.500. The summed E-state index contributed by atoms with van der Waals surface area (Å²) in [4.78, 5) is 12.6. The highest BCUT2D eigenvalue weighted by Gasteiger charge is 2.40. The minimum Gasteiger partial charge on any atom is -0.381 e. The summed E-state index contributed by atoms with van der Waals surface area (Å²) in [5.74, 6) is 0.0846. The third-order valence-electron chi connectivity index (χ3n) is 3.49. The zero-order chi connectivity index (χ0) is 12.3. The van der Waals surface area contributed by atoms with Crippen molar-refractivity contribution < 1.29 is 14.3 Å². The van der Waals surface area contributed by atoms with Crippen molar-refractivity contribution in [3.05, 3.63) is 35.4 Å². The van der Waals surface area contributed by atoms with E-state index in [1.807, 2.05) is 31.2 Å². The SMILES string of the molecule is COC1(C(=O)c2ccccc2C)CCOCC1. The lowest BCUT2D eigenvalue weighted by Crippen LogP contribution is -2.45. The Labute approximate surface area is 102 Å². The van der Waals surface area contributed by atoms with Gasteiger partial charge in [-0.2, -0.15) is 0 Å². The van der Waals surface area contributed by atoms with Crippen LogP contribution in [0, 0.1) is 6.92 Å². The lowest BCUT2D eigenvalue weighted by atomic mass is 9.84. The minimum atomic E-state index is -0.690. The molecule has 1 fully saturated rings. The number of hydrogen-bond acceptors (Lipinski definition) is 3. The first-order chi connectivity index (χ1) is 8.19. The predicted molar refractivity (Wildman–Crippen MR) is 65.3 cm³/mol. The van der Waals surface area contributed by atoms with Crippen molar-refractivity contribution in [1.82, 2.24) is 0 Å². The van der Waals surface area contributed by atoms with E-state index in [0.29, 0.717) is 26.1 Å². The predicted octanol–water partition coefficient (Wildman–Crippen LogP) is 2.37. The largest absolute Gasteiger partial charge is 0.381 e. The van der Waals surface area contributed by atoms with Crippen LogP contribution in [0.1, 0.15) is 28.8 Å². The summed E-state index contributed by atoms with van der Waals surface area (Å²) in [6, 6.07) is 7.66. The maximum atomic E-state index is 12.6. The highest BCUT2D eigenvalue weighted by Crippen LogP contribution is 2.29. The Bertz CT molecular complexity index is 406. The highest BCUT2D eigenvalue weighted by molar-refractivity contribution is 6.03. The second-order valence-electron chi connectivity index (χ2n) is 4.45. The summed E-state index contributed by atoms with van der Waals surface area (Å²) >= 11 is 0. The van der Waals surface area contributed by atoms with Gasteiger partial charge in [0.15, 0.2) is 5.78 Å². The maximum absolute atomic E-state index is 12.6. The number of methoxy groups -OCH3 is 1. The third-order valence-corrected chi connectivity index (χ3v) is 3.49. The topological polar surface area (TPSA) is 35.5 Å². The normalized spacial score (nSPS) is 18.9. The molecule has 0 aromatic heterocycles. The van der Waals surface area contributed by atoms with Crippen LogP contribution in [-0.2, 0) is 9.47 Å². The van der Waals surface area contributed by atoms with Gasteiger partial charge in [-0.15, -0.1) is 0 Å². The molecule has 0 amide bonds. The molecule has 0 atom stereocenters. The van der Waals surface area contributed by atoms with E-state index in [4.69, 9.17) is 9.47 Å². The molecule has 1 saturated heterocycles. The van der Waals surface area contributed by atoms with Crippen LogP contribution in [0.15, 0.2) is 24.3 Å². The molecule has 1 heterocycles. The molecule has 3 nitrogen and oxygen atoms in total. The summed E-state index contributed by atoms with van der Waals surface area (Å²) in [6.45, 7) is 3.13. The molecule has 17 heavy (non-hydrogen) atoms. The molecule has 2 rings (SSSR count). The number of carbonyl (C=O) groups excluding carboxylic acids is 1. The molecule has 1 aromatic rings. The van der Waals surface area contributed by atoms with E-state index in [0.717, 1.165) is 11.1 Å². The summed E-state index contributed by atoms with van der Waals surface area (Å²) in [7, 11) is 1.61. The molecule has 1 aromatic carbocycles. The van der Waals surface area contributed by atoms with E-state index in [1.165, 1.54) is 0 Å². The number of ketones is 1. The van der Waals surface area contributed by atoms with Gasteiger partial charge >= 0.3 is 0 Å². The van der Waals surface area contributed by atoms with Crippen LogP contribution in [0.4, 0.5) is 0 Å². The van der Waals surface area contributed by atoms with Gasteiger partial charge in [0.1, 0.15) is 5.60 Å². The van der Waals surface area contributed by atoms with Crippen molar-refractivity contribution in [3.8, 4) is 0 Å². The number of benzene rings is 1. The fourth-order valence-electron chi connectivity index (χ4n) is 2.30. The van der Waals surface area contributed by atoms with Crippen LogP contribution in [0.25, 0.3) is 0 Å². The van der Waals surface area contributed by atoms with E-state index in [2.05, 4.69) is 0 Å². The monoisotopic (exact) mass is 234 g/mol. The van der Waals surface area contributed by atoms with E-state index in [1.54, 1.807) is 7.11 Å². The summed E-state index contributed by atoms with van der Waals surface area (Å²) in [5.41, 5.74) is 1.07. The van der Waals surface area contributed by atoms with Gasteiger partial charge in [0.2, 0.25) is 0 Å². The zero-order valence-corrected chi connectivity index (χ0v) is 10.4. The molecule has 0 N–H and O–H groups in total. The average molecular weight is 234 g/mol. The average Bonchev–Trinajstić information content (AvgIpc) is 2.39. The lowest BCUT2D eigenvalue weighted by molar-refractivity contribution is -0.0663. The summed E-state index contributed by atoms with van der Waals surface area (Å²) < 4.78 is 10.8. The first kappa shape index (κ1) is 12.3. The van der Waals surface area contributed by atoms with Crippen LogP contribution < -0.4 is 0 Å². The van der Waals surface area contributed by atoms with Crippen molar-refractivity contribution in [2.24, 2.45) is 0 Å². The number of aryl methyl sites for hydroxylation is 1. The van der Waals surface area contributed by atoms with Crippen LogP contribution >= 0.6 is 0 Å². The molecule has 3 heteroatoms. The zero-order valence-electron chi connectivity index (χ0n) is 10.4. The van der Waals surface area contributed by atoms with E-state index in [-0.39, 0.29) is 5.78 Å². The second kappa shape index (κ2) is 4.98. The number of Topliss-reactive ketones (excluding diaryl/α,β-unsaturated/α-hetero) is 1. The molecule has 0 radical (unpaired) electrons. The van der Waals surface area contributed by atoms with E-state index >= 15 is 0 Å². The van der Waals surface area contributed by atoms with E-state index in [9.17, 15) is 4.79 Å². The molecular weight excluding hydrogens is 216 g/mol. The number of rotatable bonds is 3. The van der Waals surface area contributed by atoms with Crippen molar-refractivity contribution in [3.63, 3.8) is 0 Å². The highest BCUT2D eigenvalue weighted by atomic mass is 16.5. The lowest BCUT2D eigenvalue weighted by Gasteiger charge is -2.34. The fourth-order valence-corrected chi connectivity index (χ4v) is 2.30. The molecule has 0 spiro atoms. The Balaban J connectivity index is 2.32. The van der Waals surface area contributed by atoms with Gasteiger partial charge in [-0.25, -0.2) is 0 Å². The van der Waals surface area contributed by atoms with Gasteiger partial charge in [-0.3, -0.25) is 4.79 Å². The van der Waals surface area contributed by atoms with Crippen LogP contribution in [0.2, 0.25) is 0 Å².